The molecule has 0 radical (unpaired) electrons. The molecule has 0 fully saturated rings. The number of aromatic nitrogens is 1. The molecule has 0 aliphatic rings. The maximum Gasteiger partial charge on any atom is 0.196 e. The van der Waals surface area contributed by atoms with Crippen LogP contribution in [0, 0.1) is 0 Å². The monoisotopic (exact) mass is 177 g/mol. The van der Waals surface area contributed by atoms with Crippen molar-refractivity contribution in [1.82, 2.24) is 4.98 Å². The summed E-state index contributed by atoms with van der Waals surface area (Å²) in [6.45, 7) is 0.534. The van der Waals surface area contributed by atoms with E-state index in [1.54, 1.807) is 6.07 Å². The van der Waals surface area contributed by atoms with Crippen molar-refractivity contribution in [2.75, 3.05) is 12.3 Å². The van der Waals surface area contributed by atoms with E-state index in [4.69, 9.17) is 15.9 Å². The van der Waals surface area contributed by atoms with Crippen LogP contribution < -0.4 is 11.5 Å². The summed E-state index contributed by atoms with van der Waals surface area (Å²) in [5.74, 6) is 0.649. The van der Waals surface area contributed by atoms with E-state index < -0.39 is 0 Å². The highest BCUT2D eigenvalue weighted by Gasteiger charge is 2.06. The molecule has 0 bridgehead atoms. The Morgan fingerprint density at radius 1 is 1.38 bits per heavy atom. The molecule has 13 heavy (non-hydrogen) atoms. The van der Waals surface area contributed by atoms with Crippen LogP contribution in [0.3, 0.4) is 0 Å². The van der Waals surface area contributed by atoms with E-state index in [9.17, 15) is 0 Å². The van der Waals surface area contributed by atoms with Crippen molar-refractivity contribution >= 4 is 16.8 Å². The molecule has 68 valence electrons. The summed E-state index contributed by atoms with van der Waals surface area (Å²) >= 11 is 0. The van der Waals surface area contributed by atoms with Crippen LogP contribution in [0.25, 0.3) is 11.1 Å². The number of anilines is 1. The molecule has 1 heterocycles. The van der Waals surface area contributed by atoms with Gasteiger partial charge in [0.25, 0.3) is 0 Å². The number of nitrogen functional groups attached to an aromatic ring is 1. The summed E-state index contributed by atoms with van der Waals surface area (Å²) in [5, 5.41) is 0. The predicted octanol–water partition coefficient (Wildman–Crippen LogP) is 0.911. The molecule has 0 saturated carbocycles. The van der Waals surface area contributed by atoms with E-state index in [0.717, 1.165) is 11.1 Å². The number of nitrogens with zero attached hydrogens (tertiary/aromatic N) is 1. The van der Waals surface area contributed by atoms with Gasteiger partial charge in [0.1, 0.15) is 5.52 Å². The lowest BCUT2D eigenvalue weighted by molar-refractivity contribution is 0.531. The average molecular weight is 177 g/mol. The Kier molecular flexibility index (Phi) is 1.90. The first kappa shape index (κ1) is 8.07. The second kappa shape index (κ2) is 3.06. The summed E-state index contributed by atoms with van der Waals surface area (Å²) < 4.78 is 5.42. The van der Waals surface area contributed by atoms with Crippen molar-refractivity contribution in [2.24, 2.45) is 5.73 Å². The summed E-state index contributed by atoms with van der Waals surface area (Å²) in [4.78, 5) is 4.23. The van der Waals surface area contributed by atoms with Crippen LogP contribution in [0.4, 0.5) is 5.69 Å². The van der Waals surface area contributed by atoms with Crippen LogP contribution in [0.1, 0.15) is 5.89 Å². The van der Waals surface area contributed by atoms with Gasteiger partial charge >= 0.3 is 0 Å². The van der Waals surface area contributed by atoms with Crippen LogP contribution in [0.15, 0.2) is 22.6 Å². The van der Waals surface area contributed by atoms with E-state index in [0.29, 0.717) is 24.5 Å². The molecule has 0 atom stereocenters. The fourth-order valence-electron chi connectivity index (χ4n) is 1.25. The van der Waals surface area contributed by atoms with Gasteiger partial charge in [-0.05, 0) is 12.1 Å². The first-order valence-electron chi connectivity index (χ1n) is 4.15. The maximum atomic E-state index is 5.71. The Labute approximate surface area is 75.5 Å². The topological polar surface area (TPSA) is 78.1 Å². The number of hydrogen-bond acceptors (Lipinski definition) is 4. The lowest BCUT2D eigenvalue weighted by Crippen LogP contribution is -2.02. The van der Waals surface area contributed by atoms with Gasteiger partial charge in [0.15, 0.2) is 11.5 Å². The number of benzene rings is 1. The van der Waals surface area contributed by atoms with Gasteiger partial charge in [-0.1, -0.05) is 6.07 Å². The molecule has 1 aromatic carbocycles. The molecule has 0 aliphatic heterocycles. The van der Waals surface area contributed by atoms with E-state index in [2.05, 4.69) is 4.98 Å². The Morgan fingerprint density at radius 3 is 2.92 bits per heavy atom. The van der Waals surface area contributed by atoms with Gasteiger partial charge in [0.05, 0.1) is 5.69 Å². The summed E-state index contributed by atoms with van der Waals surface area (Å²) in [7, 11) is 0. The Morgan fingerprint density at radius 2 is 2.23 bits per heavy atom. The largest absolute Gasteiger partial charge is 0.441 e. The van der Waals surface area contributed by atoms with Gasteiger partial charge in [-0.3, -0.25) is 0 Å². The number of para-hydroxylation sites is 1. The standard InChI is InChI=1S/C9H11N3O/c10-5-4-8-12-9-6(11)2-1-3-7(9)13-8/h1-3H,4-5,10-11H2. The number of rotatable bonds is 2. The highest BCUT2D eigenvalue weighted by molar-refractivity contribution is 5.85. The van der Waals surface area contributed by atoms with Crippen LogP contribution >= 0.6 is 0 Å². The molecule has 0 aliphatic carbocycles. The van der Waals surface area contributed by atoms with Crippen molar-refractivity contribution in [2.45, 2.75) is 6.42 Å². The van der Waals surface area contributed by atoms with E-state index >= 15 is 0 Å². The zero-order valence-corrected chi connectivity index (χ0v) is 7.16. The van der Waals surface area contributed by atoms with Gasteiger partial charge in [-0.15, -0.1) is 0 Å². The van der Waals surface area contributed by atoms with E-state index in [1.807, 2.05) is 12.1 Å². The SMILES string of the molecule is NCCc1nc2c(N)cccc2o1. The van der Waals surface area contributed by atoms with Gasteiger partial charge in [0.2, 0.25) is 0 Å². The van der Waals surface area contributed by atoms with Gasteiger partial charge < -0.3 is 15.9 Å². The molecule has 0 spiro atoms. The van der Waals surface area contributed by atoms with Crippen molar-refractivity contribution < 1.29 is 4.42 Å². The third-order valence-electron chi connectivity index (χ3n) is 1.85. The molecule has 0 unspecified atom stereocenters. The van der Waals surface area contributed by atoms with Crippen LogP contribution in [-0.2, 0) is 6.42 Å². The first-order chi connectivity index (χ1) is 6.31. The molecular weight excluding hydrogens is 166 g/mol. The van der Waals surface area contributed by atoms with E-state index in [-0.39, 0.29) is 0 Å². The minimum Gasteiger partial charge on any atom is -0.441 e. The lowest BCUT2D eigenvalue weighted by Gasteiger charge is -1.89. The highest BCUT2D eigenvalue weighted by Crippen LogP contribution is 2.20. The second-order valence-electron chi connectivity index (χ2n) is 2.84. The zero-order chi connectivity index (χ0) is 9.26. The molecule has 0 amide bonds. The van der Waals surface area contributed by atoms with Gasteiger partial charge in [0, 0.05) is 13.0 Å². The minimum atomic E-state index is 0.534. The number of hydrogen-bond donors (Lipinski definition) is 2. The molecule has 2 rings (SSSR count). The Hall–Kier alpha value is -1.55. The molecule has 4 heteroatoms. The molecular formula is C9H11N3O. The quantitative estimate of drug-likeness (QED) is 0.668. The average Bonchev–Trinajstić information content (AvgIpc) is 2.49. The fourth-order valence-corrected chi connectivity index (χ4v) is 1.25. The Bertz CT molecular complexity index is 422. The third kappa shape index (κ3) is 1.36. The summed E-state index contributed by atoms with van der Waals surface area (Å²) in [6.07, 6.45) is 0.647. The molecule has 4 nitrogen and oxygen atoms in total. The van der Waals surface area contributed by atoms with Gasteiger partial charge in [-0.25, -0.2) is 4.98 Å². The predicted molar refractivity (Wildman–Crippen MR) is 51.2 cm³/mol. The summed E-state index contributed by atoms with van der Waals surface area (Å²) in [6, 6.07) is 5.49. The first-order valence-corrected chi connectivity index (χ1v) is 4.15. The third-order valence-corrected chi connectivity index (χ3v) is 1.85. The lowest BCUT2D eigenvalue weighted by atomic mass is 10.3. The van der Waals surface area contributed by atoms with Crippen molar-refractivity contribution in [1.29, 1.82) is 0 Å². The number of oxazole rings is 1. The molecule has 4 N–H and O–H groups in total. The van der Waals surface area contributed by atoms with Crippen LogP contribution in [-0.4, -0.2) is 11.5 Å². The van der Waals surface area contributed by atoms with E-state index in [1.165, 1.54) is 0 Å². The van der Waals surface area contributed by atoms with Crippen molar-refractivity contribution in [3.05, 3.63) is 24.1 Å². The van der Waals surface area contributed by atoms with Crippen molar-refractivity contribution in [3.63, 3.8) is 0 Å². The second-order valence-corrected chi connectivity index (χ2v) is 2.84. The number of fused-ring (bicyclic) bond motifs is 1. The molecule has 0 saturated heterocycles. The smallest absolute Gasteiger partial charge is 0.196 e. The highest BCUT2D eigenvalue weighted by atomic mass is 16.3. The minimum absolute atomic E-state index is 0.534. The normalized spacial score (nSPS) is 10.8. The molecule has 1 aromatic heterocycles. The van der Waals surface area contributed by atoms with Crippen LogP contribution in [0.2, 0.25) is 0 Å². The molecule has 2 aromatic rings. The zero-order valence-electron chi connectivity index (χ0n) is 7.16. The van der Waals surface area contributed by atoms with Crippen molar-refractivity contribution in [3.8, 4) is 0 Å². The maximum absolute atomic E-state index is 5.71. The fraction of sp³-hybridized carbons (Fsp3) is 0.222. The Balaban J connectivity index is 2.55. The summed E-state index contributed by atoms with van der Waals surface area (Å²) in [5.41, 5.74) is 13.2. The van der Waals surface area contributed by atoms with Crippen LogP contribution in [0.5, 0.6) is 0 Å². The number of nitrogens with two attached hydrogens (primary N) is 2. The van der Waals surface area contributed by atoms with Gasteiger partial charge in [-0.2, -0.15) is 0 Å².